The zero-order valence-electron chi connectivity index (χ0n) is 42.3. The molecule has 0 saturated carbocycles. The molecule has 6 aromatic rings. The van der Waals surface area contributed by atoms with Crippen molar-refractivity contribution in [3.8, 4) is 23.0 Å². The highest BCUT2D eigenvalue weighted by molar-refractivity contribution is 5.65. The second-order valence-electron chi connectivity index (χ2n) is 20.4. The van der Waals surface area contributed by atoms with Crippen LogP contribution >= 0.6 is 0 Å². The molecule has 8 rings (SSSR count). The van der Waals surface area contributed by atoms with Gasteiger partial charge in [-0.3, -0.25) is 0 Å². The standard InChI is InChI=1S/C31H38O2.C31H36O2/c2*1-20(2)25-15-17-26(18-16-25)28-27-23(5)29(21(3)22(4)30(27)33-31(28,6)7)32-19-11-14-24-12-9-8-10-13-24/h8-10,12-13,15-18,20,28H,11,14,19H2,1-7H3;8-18,20,28H,19H2,1-7H3. The third kappa shape index (κ3) is 9.99. The number of hydrogen-bond acceptors (Lipinski definition) is 4. The van der Waals surface area contributed by atoms with Gasteiger partial charge in [-0.05, 0) is 167 Å². The fraction of sp³-hybridized carbons (Fsp3) is 0.387. The highest BCUT2D eigenvalue weighted by Crippen LogP contribution is 2.55. The van der Waals surface area contributed by atoms with E-state index >= 15 is 0 Å². The molecule has 0 fully saturated rings. The second kappa shape index (κ2) is 20.0. The minimum atomic E-state index is -0.324. The van der Waals surface area contributed by atoms with Gasteiger partial charge in [0.25, 0.3) is 0 Å². The molecule has 2 aliphatic heterocycles. The predicted octanol–water partition coefficient (Wildman–Crippen LogP) is 16.2. The monoisotopic (exact) mass is 883 g/mol. The molecule has 2 heterocycles. The molecule has 0 amide bonds. The molecule has 0 saturated heterocycles. The highest BCUT2D eigenvalue weighted by Gasteiger charge is 2.46. The molecule has 0 bridgehead atoms. The SMILES string of the molecule is Cc1c(C)c2c(c(C)c1OCC=Cc1ccccc1)C(c1ccc(C(C)C)cc1)C(C)(C)O2.Cc1c(C)c2c(c(C)c1OCCCc1ccccc1)C(c1ccc(C(C)C)cc1)C(C)(C)O2. The van der Waals surface area contributed by atoms with Crippen molar-refractivity contribution in [3.63, 3.8) is 0 Å². The largest absolute Gasteiger partial charge is 0.493 e. The highest BCUT2D eigenvalue weighted by atomic mass is 16.5. The smallest absolute Gasteiger partial charge is 0.127 e. The van der Waals surface area contributed by atoms with Gasteiger partial charge in [-0.25, -0.2) is 0 Å². The minimum absolute atomic E-state index is 0.162. The summed E-state index contributed by atoms with van der Waals surface area (Å²) in [6.45, 7) is 32.0. The van der Waals surface area contributed by atoms with Gasteiger partial charge in [-0.2, -0.15) is 0 Å². The number of benzene rings is 6. The fourth-order valence-corrected chi connectivity index (χ4v) is 10.2. The van der Waals surface area contributed by atoms with Crippen molar-refractivity contribution in [2.75, 3.05) is 13.2 Å². The number of rotatable bonds is 13. The van der Waals surface area contributed by atoms with Crippen molar-refractivity contribution < 1.29 is 18.9 Å². The van der Waals surface area contributed by atoms with Gasteiger partial charge in [0.15, 0.2) is 0 Å². The Kier molecular flexibility index (Phi) is 14.6. The van der Waals surface area contributed by atoms with Crippen LogP contribution in [-0.4, -0.2) is 24.4 Å². The molecule has 346 valence electrons. The van der Waals surface area contributed by atoms with Crippen LogP contribution in [0.4, 0.5) is 0 Å². The summed E-state index contributed by atoms with van der Waals surface area (Å²) in [6.07, 6.45) is 6.22. The molecule has 0 aromatic heterocycles. The minimum Gasteiger partial charge on any atom is -0.493 e. The maximum atomic E-state index is 6.61. The molecule has 0 N–H and O–H groups in total. The Labute approximate surface area is 397 Å². The van der Waals surface area contributed by atoms with Gasteiger partial charge in [-0.15, -0.1) is 0 Å². The van der Waals surface area contributed by atoms with Gasteiger partial charge in [0, 0.05) is 11.1 Å². The molecule has 66 heavy (non-hydrogen) atoms. The maximum Gasteiger partial charge on any atom is 0.127 e. The van der Waals surface area contributed by atoms with Gasteiger partial charge in [0.05, 0.1) is 18.4 Å². The lowest BCUT2D eigenvalue weighted by Crippen LogP contribution is -2.31. The Morgan fingerprint density at radius 2 is 0.939 bits per heavy atom. The lowest BCUT2D eigenvalue weighted by Gasteiger charge is -2.27. The normalized spacial score (nSPS) is 16.7. The van der Waals surface area contributed by atoms with Crippen LogP contribution in [0.5, 0.6) is 23.0 Å². The van der Waals surface area contributed by atoms with Gasteiger partial charge in [0.1, 0.15) is 40.8 Å². The van der Waals surface area contributed by atoms with E-state index in [1.54, 1.807) is 0 Å². The Bertz CT molecular complexity index is 2630. The Morgan fingerprint density at radius 3 is 1.38 bits per heavy atom. The van der Waals surface area contributed by atoms with Crippen molar-refractivity contribution in [1.82, 2.24) is 0 Å². The maximum absolute atomic E-state index is 6.61. The number of hydrogen-bond donors (Lipinski definition) is 0. The van der Waals surface area contributed by atoms with Crippen LogP contribution in [0, 0.1) is 41.5 Å². The van der Waals surface area contributed by atoms with Gasteiger partial charge < -0.3 is 18.9 Å². The van der Waals surface area contributed by atoms with E-state index in [0.717, 1.165) is 41.4 Å². The lowest BCUT2D eigenvalue weighted by atomic mass is 9.78. The van der Waals surface area contributed by atoms with Crippen LogP contribution in [0.3, 0.4) is 0 Å². The first-order valence-electron chi connectivity index (χ1n) is 24.3. The molecule has 4 heteroatoms. The topological polar surface area (TPSA) is 36.9 Å². The summed E-state index contributed by atoms with van der Waals surface area (Å²) in [5.74, 6) is 5.48. The molecule has 2 aliphatic rings. The van der Waals surface area contributed by atoms with Crippen LogP contribution < -0.4 is 18.9 Å². The van der Waals surface area contributed by atoms with E-state index in [-0.39, 0.29) is 23.0 Å². The molecule has 2 unspecified atom stereocenters. The van der Waals surface area contributed by atoms with Gasteiger partial charge in [0.2, 0.25) is 0 Å². The van der Waals surface area contributed by atoms with Gasteiger partial charge in [-0.1, -0.05) is 143 Å². The first kappa shape index (κ1) is 48.2. The summed E-state index contributed by atoms with van der Waals surface area (Å²) in [6, 6.07) is 39.2. The average molecular weight is 883 g/mol. The summed E-state index contributed by atoms with van der Waals surface area (Å²) in [4.78, 5) is 0. The Balaban J connectivity index is 0.000000196. The van der Waals surface area contributed by atoms with E-state index in [0.29, 0.717) is 25.0 Å². The molecule has 0 aliphatic carbocycles. The van der Waals surface area contributed by atoms with Crippen molar-refractivity contribution >= 4 is 6.08 Å². The molecule has 6 aromatic carbocycles. The summed E-state index contributed by atoms with van der Waals surface area (Å²) < 4.78 is 26.0. The van der Waals surface area contributed by atoms with Crippen LogP contribution in [0.2, 0.25) is 0 Å². The lowest BCUT2D eigenvalue weighted by molar-refractivity contribution is 0.121. The van der Waals surface area contributed by atoms with E-state index in [9.17, 15) is 0 Å². The summed E-state index contributed by atoms with van der Waals surface area (Å²) >= 11 is 0. The van der Waals surface area contributed by atoms with E-state index in [1.807, 2.05) is 18.2 Å². The molecule has 2 atom stereocenters. The van der Waals surface area contributed by atoms with Crippen LogP contribution in [0.15, 0.2) is 115 Å². The average Bonchev–Trinajstić information content (AvgIpc) is 3.76. The third-order valence-electron chi connectivity index (χ3n) is 14.2. The van der Waals surface area contributed by atoms with Crippen molar-refractivity contribution in [3.05, 3.63) is 193 Å². The Hall–Kier alpha value is -5.74. The van der Waals surface area contributed by atoms with Crippen molar-refractivity contribution in [2.45, 2.75) is 145 Å². The Morgan fingerprint density at radius 1 is 0.515 bits per heavy atom. The van der Waals surface area contributed by atoms with E-state index in [1.165, 1.54) is 72.3 Å². The molecular weight excluding hydrogens is 809 g/mol. The second-order valence-corrected chi connectivity index (χ2v) is 20.4. The molecule has 4 nitrogen and oxygen atoms in total. The van der Waals surface area contributed by atoms with Crippen LogP contribution in [-0.2, 0) is 6.42 Å². The van der Waals surface area contributed by atoms with Crippen LogP contribution in [0.1, 0.15) is 163 Å². The summed E-state index contributed by atoms with van der Waals surface area (Å²) in [5.41, 5.74) is 16.9. The fourth-order valence-electron chi connectivity index (χ4n) is 10.2. The number of aryl methyl sites for hydroxylation is 1. The van der Waals surface area contributed by atoms with Crippen molar-refractivity contribution in [1.29, 1.82) is 0 Å². The summed E-state index contributed by atoms with van der Waals surface area (Å²) in [7, 11) is 0. The zero-order valence-corrected chi connectivity index (χ0v) is 42.3. The van der Waals surface area contributed by atoms with Crippen LogP contribution in [0.25, 0.3) is 6.08 Å². The zero-order chi connectivity index (χ0) is 47.5. The first-order valence-corrected chi connectivity index (χ1v) is 24.3. The van der Waals surface area contributed by atoms with E-state index in [4.69, 9.17) is 18.9 Å². The summed E-state index contributed by atoms with van der Waals surface area (Å²) in [5, 5.41) is 0. The number of fused-ring (bicyclic) bond motifs is 2. The number of ether oxygens (including phenoxy) is 4. The molecular formula is C62H74O4. The predicted molar refractivity (Wildman–Crippen MR) is 277 cm³/mol. The van der Waals surface area contributed by atoms with Crippen molar-refractivity contribution in [2.24, 2.45) is 0 Å². The molecule has 0 radical (unpaired) electrons. The van der Waals surface area contributed by atoms with E-state index in [2.05, 4.69) is 200 Å². The molecule has 0 spiro atoms. The quantitative estimate of drug-likeness (QED) is 0.108. The van der Waals surface area contributed by atoms with E-state index < -0.39 is 0 Å². The first-order chi connectivity index (χ1) is 31.4. The van der Waals surface area contributed by atoms with Gasteiger partial charge >= 0.3 is 0 Å². The third-order valence-corrected chi connectivity index (χ3v) is 14.2.